The zero-order chi connectivity index (χ0) is 12.7. The highest BCUT2D eigenvalue weighted by Gasteiger charge is 2.27. The molecule has 0 spiro atoms. The third-order valence-electron chi connectivity index (χ3n) is 3.36. The third-order valence-corrected chi connectivity index (χ3v) is 4.75. The second-order valence-electron chi connectivity index (χ2n) is 4.79. The Hall–Kier alpha value is -0.650. The van der Waals surface area contributed by atoms with E-state index >= 15 is 0 Å². The summed E-state index contributed by atoms with van der Waals surface area (Å²) in [5, 5.41) is 0. The Labute approximate surface area is 111 Å². The normalized spacial score (nSPS) is 11.8. The van der Waals surface area contributed by atoms with Gasteiger partial charge in [-0.15, -0.1) is 0 Å². The number of nitrogens with two attached hydrogens (primary N) is 3. The van der Waals surface area contributed by atoms with Crippen molar-refractivity contribution in [3.05, 3.63) is 14.7 Å². The molecule has 3 nitrogen and oxygen atoms in total. The lowest BCUT2D eigenvalue weighted by atomic mass is 9.79. The Morgan fingerprint density at radius 3 is 2.00 bits per heavy atom. The number of hydrogen-bond donors (Lipinski definition) is 3. The first-order valence-corrected chi connectivity index (χ1v) is 6.44. The molecular weight excluding hydrogens is 313 g/mol. The maximum Gasteiger partial charge on any atom is 0.0690 e. The molecule has 90 valence electrons. The monoisotopic (exact) mass is 333 g/mol. The molecule has 4 heteroatoms. The quantitative estimate of drug-likeness (QED) is 0.575. The molecule has 0 bridgehead atoms. The molecule has 16 heavy (non-hydrogen) atoms. The summed E-state index contributed by atoms with van der Waals surface area (Å²) in [6, 6.07) is 0. The zero-order valence-electron chi connectivity index (χ0n) is 10.3. The summed E-state index contributed by atoms with van der Waals surface area (Å²) in [5.74, 6) is 0. The maximum absolute atomic E-state index is 6.17. The van der Waals surface area contributed by atoms with Crippen LogP contribution in [0.15, 0.2) is 0 Å². The van der Waals surface area contributed by atoms with Crippen molar-refractivity contribution in [2.75, 3.05) is 17.2 Å². The van der Waals surface area contributed by atoms with E-state index in [0.29, 0.717) is 11.4 Å². The lowest BCUT2D eigenvalue weighted by Gasteiger charge is -2.29. The number of anilines is 3. The van der Waals surface area contributed by atoms with Crippen LogP contribution in [0.1, 0.15) is 38.3 Å². The molecule has 1 aromatic carbocycles. The predicted molar refractivity (Wildman–Crippen MR) is 80.5 cm³/mol. The molecule has 0 aromatic heterocycles. The molecule has 0 fully saturated rings. The highest BCUT2D eigenvalue weighted by Crippen LogP contribution is 2.42. The molecule has 0 heterocycles. The number of benzene rings is 1. The summed E-state index contributed by atoms with van der Waals surface area (Å²) in [5.41, 5.74) is 22.3. The van der Waals surface area contributed by atoms with Crippen LogP contribution in [-0.2, 0) is 5.41 Å². The summed E-state index contributed by atoms with van der Waals surface area (Å²) in [6.45, 7) is 8.39. The van der Waals surface area contributed by atoms with Gasteiger partial charge in [0.2, 0.25) is 0 Å². The van der Waals surface area contributed by atoms with Crippen LogP contribution < -0.4 is 17.2 Å². The molecule has 1 rings (SSSR count). The van der Waals surface area contributed by atoms with Crippen LogP contribution in [0.2, 0.25) is 0 Å². The second-order valence-corrected chi connectivity index (χ2v) is 5.87. The molecule has 1 aromatic rings. The van der Waals surface area contributed by atoms with E-state index in [0.717, 1.165) is 26.8 Å². The summed E-state index contributed by atoms with van der Waals surface area (Å²) in [6.07, 6.45) is 0.973. The zero-order valence-corrected chi connectivity index (χ0v) is 12.5. The Morgan fingerprint density at radius 1 is 1.06 bits per heavy atom. The Bertz CT molecular complexity index is 396. The maximum atomic E-state index is 6.17. The van der Waals surface area contributed by atoms with Crippen LogP contribution in [-0.4, -0.2) is 0 Å². The van der Waals surface area contributed by atoms with Crippen molar-refractivity contribution < 1.29 is 0 Å². The number of nitrogen functional groups attached to an aromatic ring is 3. The molecule has 0 radical (unpaired) electrons. The van der Waals surface area contributed by atoms with E-state index in [9.17, 15) is 0 Å². The van der Waals surface area contributed by atoms with Crippen molar-refractivity contribution in [3.8, 4) is 0 Å². The van der Waals surface area contributed by atoms with E-state index in [-0.39, 0.29) is 5.41 Å². The van der Waals surface area contributed by atoms with Gasteiger partial charge in [-0.1, -0.05) is 20.8 Å². The van der Waals surface area contributed by atoms with Crippen molar-refractivity contribution in [2.24, 2.45) is 0 Å². The van der Waals surface area contributed by atoms with Gasteiger partial charge in [0.15, 0.2) is 0 Å². The van der Waals surface area contributed by atoms with Gasteiger partial charge in [-0.2, -0.15) is 0 Å². The van der Waals surface area contributed by atoms with Crippen molar-refractivity contribution in [2.45, 2.75) is 39.5 Å². The number of halogens is 1. The van der Waals surface area contributed by atoms with Crippen molar-refractivity contribution in [1.29, 1.82) is 0 Å². The van der Waals surface area contributed by atoms with Crippen LogP contribution in [0.3, 0.4) is 0 Å². The lowest BCUT2D eigenvalue weighted by molar-refractivity contribution is 0.510. The van der Waals surface area contributed by atoms with Crippen LogP contribution in [0.5, 0.6) is 0 Å². The van der Waals surface area contributed by atoms with E-state index in [4.69, 9.17) is 17.2 Å². The lowest BCUT2D eigenvalue weighted by Crippen LogP contribution is -2.22. The molecule has 0 saturated heterocycles. The molecule has 0 aliphatic rings. The smallest absolute Gasteiger partial charge is 0.0690 e. The first kappa shape index (κ1) is 13.4. The van der Waals surface area contributed by atoms with Gasteiger partial charge in [-0.05, 0) is 46.9 Å². The van der Waals surface area contributed by atoms with E-state index < -0.39 is 0 Å². The molecule has 6 N–H and O–H groups in total. The Morgan fingerprint density at radius 2 is 1.56 bits per heavy atom. The molecule has 0 aliphatic carbocycles. The first-order valence-electron chi connectivity index (χ1n) is 5.37. The molecule has 0 aliphatic heterocycles. The van der Waals surface area contributed by atoms with Gasteiger partial charge >= 0.3 is 0 Å². The van der Waals surface area contributed by atoms with Crippen LogP contribution >= 0.6 is 22.6 Å². The Balaban J connectivity index is 3.65. The summed E-state index contributed by atoms with van der Waals surface area (Å²) in [4.78, 5) is 0. The van der Waals surface area contributed by atoms with E-state index in [1.54, 1.807) is 0 Å². The molecule has 0 atom stereocenters. The minimum absolute atomic E-state index is 0.0443. The minimum Gasteiger partial charge on any atom is -0.398 e. The van der Waals surface area contributed by atoms with Gasteiger partial charge in [0.25, 0.3) is 0 Å². The molecule has 0 saturated carbocycles. The molecule has 0 amide bonds. The van der Waals surface area contributed by atoms with E-state index in [2.05, 4.69) is 43.4 Å². The summed E-state index contributed by atoms with van der Waals surface area (Å²) >= 11 is 2.19. The summed E-state index contributed by atoms with van der Waals surface area (Å²) < 4.78 is 0.961. The highest BCUT2D eigenvalue weighted by molar-refractivity contribution is 14.1. The topological polar surface area (TPSA) is 78.1 Å². The summed E-state index contributed by atoms with van der Waals surface area (Å²) in [7, 11) is 0. The van der Waals surface area contributed by atoms with Gasteiger partial charge in [-0.25, -0.2) is 0 Å². The second kappa shape index (κ2) is 4.31. The highest BCUT2D eigenvalue weighted by atomic mass is 127. The van der Waals surface area contributed by atoms with Gasteiger partial charge in [-0.3, -0.25) is 0 Å². The Kier molecular flexibility index (Phi) is 3.62. The van der Waals surface area contributed by atoms with Crippen LogP contribution in [0.25, 0.3) is 0 Å². The average Bonchev–Trinajstić information content (AvgIpc) is 2.23. The molecule has 0 unspecified atom stereocenters. The third kappa shape index (κ3) is 1.95. The number of hydrogen-bond acceptors (Lipinski definition) is 3. The minimum atomic E-state index is -0.0443. The van der Waals surface area contributed by atoms with Crippen molar-refractivity contribution in [3.63, 3.8) is 0 Å². The van der Waals surface area contributed by atoms with Crippen molar-refractivity contribution in [1.82, 2.24) is 0 Å². The standard InChI is InChI=1S/C12H20IN3/c1-5-12(3,4)7-9(14)6(2)8(13)11(16)10(7)15/h5,14-16H2,1-4H3. The fraction of sp³-hybridized carbons (Fsp3) is 0.500. The molecular formula is C12H20IN3. The predicted octanol–water partition coefficient (Wildman–Crippen LogP) is 3.03. The SMILES string of the molecule is CCC(C)(C)c1c(N)c(C)c(I)c(N)c1N. The largest absolute Gasteiger partial charge is 0.398 e. The van der Waals surface area contributed by atoms with E-state index in [1.807, 2.05) is 6.92 Å². The fourth-order valence-corrected chi connectivity index (χ4v) is 2.39. The van der Waals surface area contributed by atoms with Gasteiger partial charge in [0.1, 0.15) is 0 Å². The van der Waals surface area contributed by atoms with E-state index in [1.165, 1.54) is 0 Å². The van der Waals surface area contributed by atoms with Crippen LogP contribution in [0, 0.1) is 10.5 Å². The number of rotatable bonds is 2. The first-order chi connectivity index (χ1) is 7.24. The van der Waals surface area contributed by atoms with Gasteiger partial charge in [0, 0.05) is 14.8 Å². The average molecular weight is 333 g/mol. The fourth-order valence-electron chi connectivity index (χ4n) is 1.81. The van der Waals surface area contributed by atoms with Crippen molar-refractivity contribution >= 4 is 39.7 Å². The van der Waals surface area contributed by atoms with Gasteiger partial charge in [0.05, 0.1) is 11.4 Å². The van der Waals surface area contributed by atoms with Gasteiger partial charge < -0.3 is 17.2 Å². The van der Waals surface area contributed by atoms with Crippen LogP contribution in [0.4, 0.5) is 17.1 Å².